The van der Waals surface area contributed by atoms with Crippen molar-refractivity contribution in [2.75, 3.05) is 5.32 Å². The zero-order valence-corrected chi connectivity index (χ0v) is 9.86. The Morgan fingerprint density at radius 3 is 2.67 bits per heavy atom. The second kappa shape index (κ2) is 5.27. The molecule has 0 fully saturated rings. The zero-order valence-electron chi connectivity index (χ0n) is 9.86. The third-order valence-electron chi connectivity index (χ3n) is 2.55. The molecule has 2 aromatic rings. The third-order valence-corrected chi connectivity index (χ3v) is 2.55. The highest BCUT2D eigenvalue weighted by atomic mass is 19.1. The van der Waals surface area contributed by atoms with Gasteiger partial charge in [0.05, 0.1) is 0 Å². The van der Waals surface area contributed by atoms with E-state index in [1.54, 1.807) is 30.5 Å². The van der Waals surface area contributed by atoms with Crippen molar-refractivity contribution in [1.82, 2.24) is 0 Å². The zero-order chi connectivity index (χ0) is 13.0. The highest BCUT2D eigenvalue weighted by Crippen LogP contribution is 2.26. The van der Waals surface area contributed by atoms with E-state index in [0.717, 1.165) is 11.1 Å². The van der Waals surface area contributed by atoms with Gasteiger partial charge < -0.3 is 5.32 Å². The number of hydrogen-bond acceptors (Lipinski definition) is 2. The Bertz CT molecular complexity index is 629. The maximum Gasteiger partial charge on any atom is 0.131 e. The van der Waals surface area contributed by atoms with E-state index in [2.05, 4.69) is 23.6 Å². The molecule has 2 rings (SSSR count). The smallest absolute Gasteiger partial charge is 0.131 e. The molecule has 0 atom stereocenters. The topological polar surface area (TPSA) is 24.4 Å². The maximum absolute atomic E-state index is 13.6. The standard InChI is InChI=1S/C15H13FN2/c1-11(9-10-17-2)18-15-8-4-5-12-13(15)6-3-7-14(12)16/h3-10,18H,1-2H2/b10-9-. The van der Waals surface area contributed by atoms with Gasteiger partial charge in [-0.05, 0) is 24.9 Å². The number of fused-ring (bicyclic) bond motifs is 1. The van der Waals surface area contributed by atoms with Crippen molar-refractivity contribution in [2.24, 2.45) is 4.99 Å². The Kier molecular flexibility index (Phi) is 3.53. The largest absolute Gasteiger partial charge is 0.355 e. The molecule has 2 aromatic carbocycles. The van der Waals surface area contributed by atoms with E-state index < -0.39 is 0 Å². The number of benzene rings is 2. The fourth-order valence-electron chi connectivity index (χ4n) is 1.74. The summed E-state index contributed by atoms with van der Waals surface area (Å²) >= 11 is 0. The van der Waals surface area contributed by atoms with Gasteiger partial charge in [0.2, 0.25) is 0 Å². The minimum Gasteiger partial charge on any atom is -0.355 e. The molecular formula is C15H13FN2. The minimum absolute atomic E-state index is 0.231. The number of nitrogens with zero attached hydrogens (tertiary/aromatic N) is 1. The molecule has 0 aliphatic heterocycles. The van der Waals surface area contributed by atoms with Gasteiger partial charge in [0.15, 0.2) is 0 Å². The molecule has 0 bridgehead atoms. The Labute approximate surface area is 105 Å². The van der Waals surface area contributed by atoms with Crippen LogP contribution < -0.4 is 5.32 Å². The molecule has 0 aliphatic rings. The predicted octanol–water partition coefficient (Wildman–Crippen LogP) is 4.12. The van der Waals surface area contributed by atoms with Gasteiger partial charge in [0, 0.05) is 28.4 Å². The Morgan fingerprint density at radius 1 is 1.17 bits per heavy atom. The first-order chi connectivity index (χ1) is 8.72. The van der Waals surface area contributed by atoms with Crippen LogP contribution in [0, 0.1) is 5.82 Å². The van der Waals surface area contributed by atoms with Gasteiger partial charge in [0.25, 0.3) is 0 Å². The van der Waals surface area contributed by atoms with Crippen molar-refractivity contribution in [3.05, 3.63) is 66.8 Å². The van der Waals surface area contributed by atoms with Gasteiger partial charge in [-0.1, -0.05) is 30.8 Å². The molecule has 18 heavy (non-hydrogen) atoms. The number of nitrogens with one attached hydrogen (secondary N) is 1. The first-order valence-corrected chi connectivity index (χ1v) is 5.48. The summed E-state index contributed by atoms with van der Waals surface area (Å²) in [6, 6.07) is 10.4. The number of hydrogen-bond donors (Lipinski definition) is 1. The highest BCUT2D eigenvalue weighted by Gasteiger charge is 2.04. The molecule has 3 heteroatoms. The summed E-state index contributed by atoms with van der Waals surface area (Å²) in [6.07, 6.45) is 3.24. The molecule has 2 nitrogen and oxygen atoms in total. The van der Waals surface area contributed by atoms with Crippen molar-refractivity contribution >= 4 is 23.2 Å². The van der Waals surface area contributed by atoms with Crippen LogP contribution in [0.15, 0.2) is 65.9 Å². The highest BCUT2D eigenvalue weighted by molar-refractivity contribution is 5.94. The molecule has 0 unspecified atom stereocenters. The first kappa shape index (κ1) is 12.0. The van der Waals surface area contributed by atoms with Gasteiger partial charge in [0.1, 0.15) is 5.82 Å². The average molecular weight is 240 g/mol. The molecule has 0 radical (unpaired) electrons. The molecule has 0 aliphatic carbocycles. The van der Waals surface area contributed by atoms with Crippen LogP contribution in [0.4, 0.5) is 10.1 Å². The van der Waals surface area contributed by atoms with Gasteiger partial charge in [-0.15, -0.1) is 0 Å². The summed E-state index contributed by atoms with van der Waals surface area (Å²) in [5, 5.41) is 4.51. The van der Waals surface area contributed by atoms with Crippen molar-refractivity contribution in [3.8, 4) is 0 Å². The Hall–Kier alpha value is -2.42. The van der Waals surface area contributed by atoms with E-state index >= 15 is 0 Å². The lowest BCUT2D eigenvalue weighted by molar-refractivity contribution is 0.640. The normalized spacial score (nSPS) is 10.7. The summed E-state index contributed by atoms with van der Waals surface area (Å²) < 4.78 is 13.6. The van der Waals surface area contributed by atoms with E-state index in [1.807, 2.05) is 12.1 Å². The lowest BCUT2D eigenvalue weighted by Crippen LogP contribution is -1.96. The number of aliphatic imine (C=N–C) groups is 1. The molecule has 90 valence electrons. The van der Waals surface area contributed by atoms with Gasteiger partial charge in [-0.2, -0.15) is 0 Å². The van der Waals surface area contributed by atoms with Gasteiger partial charge in [-0.3, -0.25) is 4.99 Å². The van der Waals surface area contributed by atoms with E-state index in [9.17, 15) is 4.39 Å². The second-order valence-corrected chi connectivity index (χ2v) is 3.79. The molecule has 0 saturated heterocycles. The van der Waals surface area contributed by atoms with Crippen LogP contribution in [0.3, 0.4) is 0 Å². The number of allylic oxidation sites excluding steroid dienone is 1. The lowest BCUT2D eigenvalue weighted by atomic mass is 10.1. The molecule has 0 amide bonds. The van der Waals surface area contributed by atoms with Crippen LogP contribution in [0.2, 0.25) is 0 Å². The molecule has 0 spiro atoms. The second-order valence-electron chi connectivity index (χ2n) is 3.79. The fourth-order valence-corrected chi connectivity index (χ4v) is 1.74. The van der Waals surface area contributed by atoms with E-state index in [0.29, 0.717) is 11.1 Å². The van der Waals surface area contributed by atoms with Crippen molar-refractivity contribution in [1.29, 1.82) is 0 Å². The van der Waals surface area contributed by atoms with Crippen LogP contribution in [-0.2, 0) is 0 Å². The summed E-state index contributed by atoms with van der Waals surface area (Å²) in [4.78, 5) is 3.60. The van der Waals surface area contributed by atoms with Crippen LogP contribution in [0.5, 0.6) is 0 Å². The summed E-state index contributed by atoms with van der Waals surface area (Å²) in [6.45, 7) is 7.18. The SMILES string of the molecule is C=N/C=C\C(=C)Nc1cccc2c(F)cccc12. The average Bonchev–Trinajstić information content (AvgIpc) is 2.38. The summed E-state index contributed by atoms with van der Waals surface area (Å²) in [5.74, 6) is -0.231. The van der Waals surface area contributed by atoms with E-state index in [1.165, 1.54) is 6.07 Å². The lowest BCUT2D eigenvalue weighted by Gasteiger charge is -2.09. The number of halogens is 1. The third kappa shape index (κ3) is 2.46. The van der Waals surface area contributed by atoms with Crippen molar-refractivity contribution in [2.45, 2.75) is 0 Å². The number of rotatable bonds is 4. The predicted molar refractivity (Wildman–Crippen MR) is 75.4 cm³/mol. The Balaban J connectivity index is 2.40. The first-order valence-electron chi connectivity index (χ1n) is 5.48. The fraction of sp³-hybridized carbons (Fsp3) is 0. The number of anilines is 1. The minimum atomic E-state index is -0.231. The maximum atomic E-state index is 13.6. The molecule has 0 aromatic heterocycles. The van der Waals surface area contributed by atoms with E-state index in [4.69, 9.17) is 0 Å². The van der Waals surface area contributed by atoms with Crippen LogP contribution >= 0.6 is 0 Å². The molecule has 0 saturated carbocycles. The van der Waals surface area contributed by atoms with Crippen molar-refractivity contribution in [3.63, 3.8) is 0 Å². The van der Waals surface area contributed by atoms with Crippen LogP contribution in [-0.4, -0.2) is 6.72 Å². The Morgan fingerprint density at radius 2 is 1.89 bits per heavy atom. The monoisotopic (exact) mass is 240 g/mol. The summed E-state index contributed by atoms with van der Waals surface area (Å²) in [5.41, 5.74) is 1.48. The van der Waals surface area contributed by atoms with E-state index in [-0.39, 0.29) is 5.82 Å². The van der Waals surface area contributed by atoms with Gasteiger partial charge in [-0.25, -0.2) is 4.39 Å². The van der Waals surface area contributed by atoms with Crippen molar-refractivity contribution < 1.29 is 4.39 Å². The molecule has 1 N–H and O–H groups in total. The van der Waals surface area contributed by atoms with Crippen LogP contribution in [0.25, 0.3) is 10.8 Å². The quantitative estimate of drug-likeness (QED) is 0.631. The van der Waals surface area contributed by atoms with Crippen LogP contribution in [0.1, 0.15) is 0 Å². The molecule has 0 heterocycles. The summed E-state index contributed by atoms with van der Waals surface area (Å²) in [7, 11) is 0. The van der Waals surface area contributed by atoms with Gasteiger partial charge >= 0.3 is 0 Å². The molecular weight excluding hydrogens is 227 g/mol.